The molecule has 0 spiro atoms. The van der Waals surface area contributed by atoms with Crippen molar-refractivity contribution in [2.24, 2.45) is 0 Å². The molecule has 0 unspecified atom stereocenters. The van der Waals surface area contributed by atoms with Crippen molar-refractivity contribution in [3.05, 3.63) is 112 Å². The largest absolute Gasteiger partial charge is 0.490 e. The highest BCUT2D eigenvalue weighted by molar-refractivity contribution is 7.22. The fourth-order valence-electron chi connectivity index (χ4n) is 4.35. The van der Waals surface area contributed by atoms with Crippen LogP contribution in [0.15, 0.2) is 88.6 Å². The first-order chi connectivity index (χ1) is 17.0. The van der Waals surface area contributed by atoms with E-state index in [0.29, 0.717) is 44.6 Å². The summed E-state index contributed by atoms with van der Waals surface area (Å²) in [6.45, 7) is 4.02. The third-order valence-electron chi connectivity index (χ3n) is 5.86. The first-order valence-corrected chi connectivity index (χ1v) is 12.0. The molecule has 6 rings (SSSR count). The standard InChI is InChI=1S/C27H17ClN2O4S/c1-2-12-33-17-7-5-6-15(13-17)23-22-24(31)18-8-3-4-9-20(18)34-25(22)26(32)30(23)27-29-19-11-10-16(28)14-21(19)35-27/h2-11,13-14,23H,1,12H2/t23-/m0/s1. The number of amides is 1. The summed E-state index contributed by atoms with van der Waals surface area (Å²) in [5.41, 5.74) is 1.82. The van der Waals surface area contributed by atoms with Gasteiger partial charge >= 0.3 is 0 Å². The van der Waals surface area contributed by atoms with Gasteiger partial charge in [-0.2, -0.15) is 0 Å². The van der Waals surface area contributed by atoms with Crippen molar-refractivity contribution >= 4 is 55.2 Å². The first-order valence-electron chi connectivity index (χ1n) is 10.8. The third-order valence-corrected chi connectivity index (χ3v) is 7.12. The Hall–Kier alpha value is -3.94. The summed E-state index contributed by atoms with van der Waals surface area (Å²) in [7, 11) is 0. The van der Waals surface area contributed by atoms with Gasteiger partial charge in [0.1, 0.15) is 17.9 Å². The van der Waals surface area contributed by atoms with Gasteiger partial charge in [0.15, 0.2) is 10.6 Å². The summed E-state index contributed by atoms with van der Waals surface area (Å²) in [5, 5.41) is 1.45. The number of para-hydroxylation sites is 1. The number of thiazole rings is 1. The molecule has 6 nitrogen and oxygen atoms in total. The Morgan fingerprint density at radius 3 is 2.83 bits per heavy atom. The van der Waals surface area contributed by atoms with E-state index in [9.17, 15) is 9.59 Å². The predicted molar refractivity (Wildman–Crippen MR) is 138 cm³/mol. The summed E-state index contributed by atoms with van der Waals surface area (Å²) >= 11 is 7.51. The number of nitrogens with zero attached hydrogens (tertiary/aromatic N) is 2. The van der Waals surface area contributed by atoms with E-state index >= 15 is 0 Å². The number of aromatic nitrogens is 1. The molecule has 0 N–H and O–H groups in total. The van der Waals surface area contributed by atoms with Crippen LogP contribution in [0.5, 0.6) is 5.75 Å². The van der Waals surface area contributed by atoms with Crippen molar-refractivity contribution in [1.29, 1.82) is 0 Å². The summed E-state index contributed by atoms with van der Waals surface area (Å²) in [4.78, 5) is 33.7. The van der Waals surface area contributed by atoms with Crippen molar-refractivity contribution < 1.29 is 13.9 Å². The van der Waals surface area contributed by atoms with Crippen molar-refractivity contribution in [2.75, 3.05) is 11.5 Å². The maximum atomic E-state index is 13.8. The number of carbonyl (C=O) groups is 1. The smallest absolute Gasteiger partial charge is 0.297 e. The number of ether oxygens (including phenoxy) is 1. The van der Waals surface area contributed by atoms with Crippen LogP contribution in [0.25, 0.3) is 21.2 Å². The molecular formula is C27H17ClN2O4S. The van der Waals surface area contributed by atoms with Crippen molar-refractivity contribution in [3.63, 3.8) is 0 Å². The monoisotopic (exact) mass is 500 g/mol. The molecule has 8 heteroatoms. The molecule has 0 bridgehead atoms. The van der Waals surface area contributed by atoms with E-state index < -0.39 is 11.9 Å². The predicted octanol–water partition coefficient (Wildman–Crippen LogP) is 6.37. The lowest BCUT2D eigenvalue weighted by Crippen LogP contribution is -2.29. The fourth-order valence-corrected chi connectivity index (χ4v) is 5.62. The molecule has 2 aromatic heterocycles. The van der Waals surface area contributed by atoms with Gasteiger partial charge in [-0.05, 0) is 48.0 Å². The molecule has 3 heterocycles. The number of rotatable bonds is 5. The summed E-state index contributed by atoms with van der Waals surface area (Å²) < 4.78 is 12.6. The summed E-state index contributed by atoms with van der Waals surface area (Å²) in [6.07, 6.45) is 1.65. The zero-order valence-corrected chi connectivity index (χ0v) is 19.8. The van der Waals surface area contributed by atoms with E-state index in [1.54, 1.807) is 36.4 Å². The van der Waals surface area contributed by atoms with Crippen molar-refractivity contribution in [2.45, 2.75) is 6.04 Å². The van der Waals surface area contributed by atoms with Crippen LogP contribution in [-0.2, 0) is 0 Å². The normalized spacial score (nSPS) is 15.1. The van der Waals surface area contributed by atoms with E-state index in [1.165, 1.54) is 16.2 Å². The highest BCUT2D eigenvalue weighted by Gasteiger charge is 2.45. The lowest BCUT2D eigenvalue weighted by molar-refractivity contribution is 0.0971. The minimum absolute atomic E-state index is 0.0217. The molecule has 1 amide bonds. The second-order valence-electron chi connectivity index (χ2n) is 8.03. The Labute approximate surface area is 208 Å². The van der Waals surface area contributed by atoms with Crippen molar-refractivity contribution in [1.82, 2.24) is 4.98 Å². The molecule has 0 aliphatic carbocycles. The number of fused-ring (bicyclic) bond motifs is 3. The Morgan fingerprint density at radius 1 is 1.11 bits per heavy atom. The van der Waals surface area contributed by atoms with Gasteiger partial charge in [-0.1, -0.05) is 59.9 Å². The summed E-state index contributed by atoms with van der Waals surface area (Å²) in [6, 6.07) is 18.9. The molecule has 5 aromatic rings. The highest BCUT2D eigenvalue weighted by atomic mass is 35.5. The van der Waals surface area contributed by atoms with Gasteiger partial charge in [-0.15, -0.1) is 0 Å². The Bertz CT molecular complexity index is 1710. The molecule has 1 aliphatic heterocycles. The molecule has 0 saturated heterocycles. The third kappa shape index (κ3) is 3.51. The minimum Gasteiger partial charge on any atom is -0.490 e. The van der Waals surface area contributed by atoms with Crippen LogP contribution in [0.2, 0.25) is 5.02 Å². The number of benzene rings is 3. The first kappa shape index (κ1) is 21.6. The zero-order valence-electron chi connectivity index (χ0n) is 18.2. The van der Waals surface area contributed by atoms with Gasteiger partial charge in [0.2, 0.25) is 5.76 Å². The van der Waals surface area contributed by atoms with E-state index in [0.717, 1.165) is 4.70 Å². The number of halogens is 1. The number of anilines is 1. The van der Waals surface area contributed by atoms with Crippen LogP contribution < -0.4 is 15.1 Å². The van der Waals surface area contributed by atoms with Gasteiger partial charge in [0.05, 0.1) is 27.2 Å². The van der Waals surface area contributed by atoms with E-state index in [1.807, 2.05) is 36.4 Å². The molecule has 3 aromatic carbocycles. The van der Waals surface area contributed by atoms with Gasteiger partial charge in [0.25, 0.3) is 5.91 Å². The molecule has 35 heavy (non-hydrogen) atoms. The van der Waals surface area contributed by atoms with Crippen LogP contribution in [0.3, 0.4) is 0 Å². The van der Waals surface area contributed by atoms with Gasteiger partial charge in [-0.3, -0.25) is 14.5 Å². The fraction of sp³-hybridized carbons (Fsp3) is 0.0741. The maximum Gasteiger partial charge on any atom is 0.297 e. The molecule has 0 fully saturated rings. The van der Waals surface area contributed by atoms with Crippen LogP contribution in [0.1, 0.15) is 27.7 Å². The van der Waals surface area contributed by atoms with Gasteiger partial charge in [-0.25, -0.2) is 4.98 Å². The van der Waals surface area contributed by atoms with Crippen molar-refractivity contribution in [3.8, 4) is 5.75 Å². The molecule has 1 atom stereocenters. The number of hydrogen-bond donors (Lipinski definition) is 0. The van der Waals surface area contributed by atoms with E-state index in [2.05, 4.69) is 6.58 Å². The molecular weight excluding hydrogens is 484 g/mol. The lowest BCUT2D eigenvalue weighted by Gasteiger charge is -2.23. The zero-order chi connectivity index (χ0) is 24.1. The van der Waals surface area contributed by atoms with Crippen LogP contribution >= 0.6 is 22.9 Å². The van der Waals surface area contributed by atoms with Crippen LogP contribution in [0, 0.1) is 0 Å². The van der Waals surface area contributed by atoms with Crippen LogP contribution in [-0.4, -0.2) is 17.5 Å². The average Bonchev–Trinajstić information content (AvgIpc) is 3.41. The average molecular weight is 501 g/mol. The van der Waals surface area contributed by atoms with E-state index in [-0.39, 0.29) is 16.8 Å². The maximum absolute atomic E-state index is 13.8. The quantitative estimate of drug-likeness (QED) is 0.262. The van der Waals surface area contributed by atoms with Gasteiger partial charge in [0, 0.05) is 5.02 Å². The molecule has 1 aliphatic rings. The number of carbonyl (C=O) groups excluding carboxylic acids is 1. The molecule has 0 radical (unpaired) electrons. The highest BCUT2D eigenvalue weighted by Crippen LogP contribution is 2.44. The van der Waals surface area contributed by atoms with Gasteiger partial charge < -0.3 is 9.15 Å². The number of hydrogen-bond acceptors (Lipinski definition) is 6. The molecule has 0 saturated carbocycles. The molecule has 172 valence electrons. The summed E-state index contributed by atoms with van der Waals surface area (Å²) in [5.74, 6) is 0.202. The minimum atomic E-state index is -0.735. The second kappa shape index (κ2) is 8.37. The lowest BCUT2D eigenvalue weighted by atomic mass is 9.98. The Balaban J connectivity index is 1.60. The Kier molecular flexibility index (Phi) is 5.16. The SMILES string of the molecule is C=CCOc1cccc([C@H]2c3c(oc4ccccc4c3=O)C(=O)N2c2nc3ccc(Cl)cc3s2)c1. The van der Waals surface area contributed by atoms with Crippen LogP contribution in [0.4, 0.5) is 5.13 Å². The topological polar surface area (TPSA) is 72.6 Å². The van der Waals surface area contributed by atoms with E-state index in [4.69, 9.17) is 25.7 Å². The Morgan fingerprint density at radius 2 is 1.97 bits per heavy atom. The second-order valence-corrected chi connectivity index (χ2v) is 9.47.